The number of esters is 1. The van der Waals surface area contributed by atoms with Gasteiger partial charge in [-0.3, -0.25) is 4.79 Å². The number of amides is 1. The molecule has 2 rings (SSSR count). The number of nitrogens with one attached hydrogen (secondary N) is 1. The second-order valence-electron chi connectivity index (χ2n) is 5.24. The van der Waals surface area contributed by atoms with Crippen LogP contribution in [0.1, 0.15) is 43.0 Å². The number of rotatable bonds is 5. The molecule has 1 saturated carbocycles. The number of thioether (sulfide) groups is 1. The summed E-state index contributed by atoms with van der Waals surface area (Å²) in [7, 11) is 0. The molecule has 0 unspecified atom stereocenters. The third-order valence-electron chi connectivity index (χ3n) is 3.68. The van der Waals surface area contributed by atoms with Crippen molar-refractivity contribution in [3.05, 3.63) is 29.8 Å². The van der Waals surface area contributed by atoms with Gasteiger partial charge in [0.05, 0.1) is 5.56 Å². The zero-order valence-corrected chi connectivity index (χ0v) is 13.2. The van der Waals surface area contributed by atoms with Crippen LogP contribution in [0.5, 0.6) is 0 Å². The van der Waals surface area contributed by atoms with Gasteiger partial charge in [0.25, 0.3) is 5.91 Å². The molecule has 0 saturated heterocycles. The van der Waals surface area contributed by atoms with Gasteiger partial charge in [0.15, 0.2) is 6.10 Å². The summed E-state index contributed by atoms with van der Waals surface area (Å²) in [6, 6.07) is 7.48. The van der Waals surface area contributed by atoms with E-state index in [9.17, 15) is 9.59 Å². The van der Waals surface area contributed by atoms with Crippen molar-refractivity contribution in [3.8, 4) is 0 Å². The molecule has 0 heterocycles. The van der Waals surface area contributed by atoms with Crippen LogP contribution in [0.25, 0.3) is 0 Å². The third-order valence-corrected chi connectivity index (χ3v) is 4.48. The van der Waals surface area contributed by atoms with Gasteiger partial charge < -0.3 is 10.1 Å². The van der Waals surface area contributed by atoms with Gasteiger partial charge in [0.2, 0.25) is 0 Å². The van der Waals surface area contributed by atoms with Gasteiger partial charge in [0, 0.05) is 10.9 Å². The van der Waals surface area contributed by atoms with E-state index >= 15 is 0 Å². The minimum absolute atomic E-state index is 0.211. The molecule has 0 radical (unpaired) electrons. The van der Waals surface area contributed by atoms with E-state index in [4.69, 9.17) is 4.74 Å². The summed E-state index contributed by atoms with van der Waals surface area (Å²) in [6.45, 7) is 1.61. The standard InChI is InChI=1S/C16H21NO3S/c1-11(15(18)17-12-7-3-4-8-12)20-16(19)13-9-5-6-10-14(13)21-2/h5-6,9-12H,3-4,7-8H2,1-2H3,(H,17,18)/t11-/m0/s1. The molecular formula is C16H21NO3S. The molecular weight excluding hydrogens is 286 g/mol. The van der Waals surface area contributed by atoms with Gasteiger partial charge in [0.1, 0.15) is 0 Å². The monoisotopic (exact) mass is 307 g/mol. The summed E-state index contributed by atoms with van der Waals surface area (Å²) in [5, 5.41) is 2.94. The first-order valence-electron chi connectivity index (χ1n) is 7.26. The maximum Gasteiger partial charge on any atom is 0.340 e. The molecule has 1 amide bonds. The molecule has 0 aliphatic heterocycles. The van der Waals surface area contributed by atoms with E-state index in [-0.39, 0.29) is 11.9 Å². The smallest absolute Gasteiger partial charge is 0.340 e. The molecule has 0 spiro atoms. The van der Waals surface area contributed by atoms with Gasteiger partial charge >= 0.3 is 5.97 Å². The minimum Gasteiger partial charge on any atom is -0.449 e. The topological polar surface area (TPSA) is 55.4 Å². The van der Waals surface area contributed by atoms with Crippen molar-refractivity contribution >= 4 is 23.6 Å². The van der Waals surface area contributed by atoms with E-state index in [1.165, 1.54) is 11.8 Å². The Bertz CT molecular complexity index is 512. The lowest BCUT2D eigenvalue weighted by molar-refractivity contribution is -0.129. The van der Waals surface area contributed by atoms with Crippen molar-refractivity contribution in [2.75, 3.05) is 6.26 Å². The highest BCUT2D eigenvalue weighted by atomic mass is 32.2. The number of benzene rings is 1. The Kier molecular flexibility index (Phi) is 5.67. The van der Waals surface area contributed by atoms with E-state index in [1.54, 1.807) is 19.1 Å². The van der Waals surface area contributed by atoms with Crippen LogP contribution < -0.4 is 5.32 Å². The fourth-order valence-electron chi connectivity index (χ4n) is 2.48. The van der Waals surface area contributed by atoms with Crippen LogP contribution in [-0.4, -0.2) is 30.3 Å². The number of carbonyl (C=O) groups excluding carboxylic acids is 2. The van der Waals surface area contributed by atoms with Crippen LogP contribution in [0.2, 0.25) is 0 Å². The van der Waals surface area contributed by atoms with Crippen molar-refractivity contribution < 1.29 is 14.3 Å². The predicted octanol–water partition coefficient (Wildman–Crippen LogP) is 3.01. The Hall–Kier alpha value is -1.49. The average Bonchev–Trinajstić information content (AvgIpc) is 2.99. The molecule has 1 aliphatic rings. The maximum atomic E-state index is 12.2. The average molecular weight is 307 g/mol. The normalized spacial score (nSPS) is 16.5. The summed E-state index contributed by atoms with van der Waals surface area (Å²) >= 11 is 1.48. The third kappa shape index (κ3) is 4.24. The first-order valence-corrected chi connectivity index (χ1v) is 8.48. The number of carbonyl (C=O) groups is 2. The molecule has 0 bridgehead atoms. The van der Waals surface area contributed by atoms with Gasteiger partial charge in [-0.15, -0.1) is 11.8 Å². The van der Waals surface area contributed by atoms with Gasteiger partial charge in [-0.1, -0.05) is 25.0 Å². The number of ether oxygens (including phenoxy) is 1. The summed E-state index contributed by atoms with van der Waals surface area (Å²) in [5.74, 6) is -0.661. The van der Waals surface area contributed by atoms with Crippen LogP contribution >= 0.6 is 11.8 Å². The van der Waals surface area contributed by atoms with Crippen LogP contribution in [0.4, 0.5) is 0 Å². The van der Waals surface area contributed by atoms with Gasteiger partial charge in [-0.2, -0.15) is 0 Å². The molecule has 1 aliphatic carbocycles. The molecule has 1 fully saturated rings. The Morgan fingerprint density at radius 3 is 2.62 bits per heavy atom. The second kappa shape index (κ2) is 7.50. The lowest BCUT2D eigenvalue weighted by Crippen LogP contribution is -2.40. The fourth-order valence-corrected chi connectivity index (χ4v) is 3.07. The number of hydrogen-bond donors (Lipinski definition) is 1. The lowest BCUT2D eigenvalue weighted by Gasteiger charge is -2.17. The van der Waals surface area contributed by atoms with Gasteiger partial charge in [-0.25, -0.2) is 4.79 Å². The van der Waals surface area contributed by atoms with Crippen molar-refractivity contribution in [2.45, 2.75) is 49.6 Å². The van der Waals surface area contributed by atoms with Crippen LogP contribution in [0, 0.1) is 0 Å². The zero-order chi connectivity index (χ0) is 15.2. The molecule has 4 nitrogen and oxygen atoms in total. The molecule has 0 aromatic heterocycles. The minimum atomic E-state index is -0.770. The second-order valence-corrected chi connectivity index (χ2v) is 6.09. The summed E-state index contributed by atoms with van der Waals surface area (Å²) in [5.41, 5.74) is 0.505. The Morgan fingerprint density at radius 1 is 1.29 bits per heavy atom. The SMILES string of the molecule is CSc1ccccc1C(=O)O[C@@H](C)C(=O)NC1CCCC1. The Balaban J connectivity index is 1.93. The molecule has 21 heavy (non-hydrogen) atoms. The van der Waals surface area contributed by atoms with Crippen LogP contribution in [0.3, 0.4) is 0 Å². The Morgan fingerprint density at radius 2 is 1.95 bits per heavy atom. The summed E-state index contributed by atoms with van der Waals surface area (Å²) in [6.07, 6.45) is 5.47. The van der Waals surface area contributed by atoms with E-state index < -0.39 is 12.1 Å². The van der Waals surface area contributed by atoms with E-state index in [0.29, 0.717) is 5.56 Å². The van der Waals surface area contributed by atoms with E-state index in [1.807, 2.05) is 18.4 Å². The van der Waals surface area contributed by atoms with Crippen molar-refractivity contribution in [2.24, 2.45) is 0 Å². The number of hydrogen-bond acceptors (Lipinski definition) is 4. The highest BCUT2D eigenvalue weighted by Crippen LogP contribution is 2.21. The highest BCUT2D eigenvalue weighted by molar-refractivity contribution is 7.98. The molecule has 1 aromatic carbocycles. The molecule has 1 N–H and O–H groups in total. The van der Waals surface area contributed by atoms with Crippen LogP contribution in [0.15, 0.2) is 29.2 Å². The molecule has 114 valence electrons. The first kappa shape index (κ1) is 15.9. The molecule has 1 aromatic rings. The predicted molar refractivity (Wildman–Crippen MR) is 83.5 cm³/mol. The Labute approximate surface area is 129 Å². The van der Waals surface area contributed by atoms with Crippen molar-refractivity contribution in [3.63, 3.8) is 0 Å². The van der Waals surface area contributed by atoms with E-state index in [0.717, 1.165) is 30.6 Å². The lowest BCUT2D eigenvalue weighted by atomic mass is 10.2. The van der Waals surface area contributed by atoms with Crippen LogP contribution in [-0.2, 0) is 9.53 Å². The highest BCUT2D eigenvalue weighted by Gasteiger charge is 2.24. The summed E-state index contributed by atoms with van der Waals surface area (Å²) < 4.78 is 5.29. The largest absolute Gasteiger partial charge is 0.449 e. The van der Waals surface area contributed by atoms with Crippen molar-refractivity contribution in [1.82, 2.24) is 5.32 Å². The summed E-state index contributed by atoms with van der Waals surface area (Å²) in [4.78, 5) is 25.0. The van der Waals surface area contributed by atoms with Gasteiger partial charge in [-0.05, 0) is 38.2 Å². The molecule has 5 heteroatoms. The maximum absolute atomic E-state index is 12.2. The van der Waals surface area contributed by atoms with E-state index in [2.05, 4.69) is 5.32 Å². The first-order chi connectivity index (χ1) is 10.1. The fraction of sp³-hybridized carbons (Fsp3) is 0.500. The van der Waals surface area contributed by atoms with Crippen molar-refractivity contribution in [1.29, 1.82) is 0 Å². The quantitative estimate of drug-likeness (QED) is 0.671. The molecule has 1 atom stereocenters. The zero-order valence-electron chi connectivity index (χ0n) is 12.4.